The number of ether oxygens (including phenoxy) is 2. The highest BCUT2D eigenvalue weighted by molar-refractivity contribution is 6.05. The van der Waals surface area contributed by atoms with Gasteiger partial charge in [0, 0.05) is 23.1 Å². The van der Waals surface area contributed by atoms with Crippen molar-refractivity contribution in [2.45, 2.75) is 20.8 Å². The van der Waals surface area contributed by atoms with Gasteiger partial charge in [0.25, 0.3) is 0 Å². The Balaban J connectivity index is 1.93. The minimum Gasteiger partial charge on any atom is -0.482 e. The molecule has 1 aromatic carbocycles. The van der Waals surface area contributed by atoms with Gasteiger partial charge in [-0.05, 0) is 38.2 Å². The van der Waals surface area contributed by atoms with E-state index in [4.69, 9.17) is 9.47 Å². The number of hydrogen-bond donors (Lipinski definition) is 2. The van der Waals surface area contributed by atoms with Crippen molar-refractivity contribution in [1.29, 1.82) is 0 Å². The molecule has 0 aliphatic rings. The lowest BCUT2D eigenvalue weighted by Gasteiger charge is -2.17. The predicted octanol–water partition coefficient (Wildman–Crippen LogP) is 2.44. The number of hydrogen-bond acceptors (Lipinski definition) is 5. The van der Waals surface area contributed by atoms with Gasteiger partial charge in [0.05, 0.1) is 5.56 Å². The molecule has 1 aromatic heterocycles. The van der Waals surface area contributed by atoms with Crippen molar-refractivity contribution in [2.24, 2.45) is 0 Å². The van der Waals surface area contributed by atoms with Crippen molar-refractivity contribution < 1.29 is 24.2 Å². The number of carbonyl (C=O) groups excluding carboxylic acids is 1. The number of esters is 1. The van der Waals surface area contributed by atoms with Gasteiger partial charge in [-0.1, -0.05) is 13.8 Å². The van der Waals surface area contributed by atoms with Crippen LogP contribution in [-0.2, 0) is 9.53 Å². The SMILES string of the molecule is CCN(CC)CCOC(=O)COc1ccc2[nH]c(C)c(C(=O)O)c2c1. The smallest absolute Gasteiger partial charge is 0.344 e. The first-order chi connectivity index (χ1) is 12.0. The van der Waals surface area contributed by atoms with Crippen LogP contribution in [-0.4, -0.2) is 59.8 Å². The summed E-state index contributed by atoms with van der Waals surface area (Å²) in [5.74, 6) is -1.03. The highest BCUT2D eigenvalue weighted by atomic mass is 16.6. The van der Waals surface area contributed by atoms with E-state index < -0.39 is 11.9 Å². The normalized spacial score (nSPS) is 11.0. The number of carboxylic acids is 1. The highest BCUT2D eigenvalue weighted by Gasteiger charge is 2.16. The minimum absolute atomic E-state index is 0.210. The van der Waals surface area contributed by atoms with Crippen LogP contribution in [0.2, 0.25) is 0 Å². The first-order valence-electron chi connectivity index (χ1n) is 8.32. The zero-order chi connectivity index (χ0) is 18.4. The van der Waals surface area contributed by atoms with E-state index in [0.29, 0.717) is 35.5 Å². The first kappa shape index (κ1) is 18.8. The van der Waals surface area contributed by atoms with Crippen LogP contribution in [0.25, 0.3) is 10.9 Å². The minimum atomic E-state index is -1.00. The zero-order valence-corrected chi connectivity index (χ0v) is 14.8. The molecule has 2 rings (SSSR count). The Hall–Kier alpha value is -2.54. The monoisotopic (exact) mass is 348 g/mol. The van der Waals surface area contributed by atoms with E-state index in [1.165, 1.54) is 0 Å². The standard InChI is InChI=1S/C18H24N2O5/c1-4-20(5-2)8-9-24-16(21)11-25-13-6-7-15-14(10-13)17(18(22)23)12(3)19-15/h6-7,10,19H,4-5,8-9,11H2,1-3H3,(H,22,23). The van der Waals surface area contributed by atoms with Crippen molar-refractivity contribution in [1.82, 2.24) is 9.88 Å². The summed E-state index contributed by atoms with van der Waals surface area (Å²) in [5.41, 5.74) is 1.50. The van der Waals surface area contributed by atoms with Gasteiger partial charge in [-0.15, -0.1) is 0 Å². The summed E-state index contributed by atoms with van der Waals surface area (Å²) < 4.78 is 10.6. The Bertz CT molecular complexity index is 749. The number of aromatic nitrogens is 1. The molecule has 0 saturated heterocycles. The van der Waals surface area contributed by atoms with Crippen molar-refractivity contribution in [2.75, 3.05) is 32.8 Å². The molecule has 2 aromatic rings. The number of carbonyl (C=O) groups is 2. The molecule has 7 nitrogen and oxygen atoms in total. The third-order valence-corrected chi connectivity index (χ3v) is 4.09. The maximum atomic E-state index is 11.8. The Morgan fingerprint density at radius 1 is 1.24 bits per heavy atom. The molecule has 0 unspecified atom stereocenters. The molecule has 0 aliphatic heterocycles. The largest absolute Gasteiger partial charge is 0.482 e. The summed E-state index contributed by atoms with van der Waals surface area (Å²) in [7, 11) is 0. The van der Waals surface area contributed by atoms with Gasteiger partial charge >= 0.3 is 11.9 Å². The average molecular weight is 348 g/mol. The number of carboxylic acid groups (broad SMARTS) is 1. The predicted molar refractivity (Wildman–Crippen MR) is 94.2 cm³/mol. The molecule has 0 fully saturated rings. The van der Waals surface area contributed by atoms with Gasteiger partial charge in [-0.25, -0.2) is 9.59 Å². The third kappa shape index (κ3) is 4.73. The van der Waals surface area contributed by atoms with Crippen LogP contribution in [0, 0.1) is 6.92 Å². The van der Waals surface area contributed by atoms with Crippen LogP contribution < -0.4 is 4.74 Å². The number of aromatic amines is 1. The van der Waals surface area contributed by atoms with Crippen LogP contribution in [0.15, 0.2) is 18.2 Å². The van der Waals surface area contributed by atoms with E-state index in [1.807, 2.05) is 0 Å². The van der Waals surface area contributed by atoms with Crippen LogP contribution in [0.4, 0.5) is 0 Å². The fraction of sp³-hybridized carbons (Fsp3) is 0.444. The number of aromatic carboxylic acids is 1. The fourth-order valence-corrected chi connectivity index (χ4v) is 2.68. The van der Waals surface area contributed by atoms with Crippen LogP contribution in [0.1, 0.15) is 29.9 Å². The summed E-state index contributed by atoms with van der Waals surface area (Å²) in [6.07, 6.45) is 0. The summed E-state index contributed by atoms with van der Waals surface area (Å²) in [4.78, 5) is 28.3. The number of likely N-dealkylation sites (N-methyl/N-ethyl adjacent to an activating group) is 1. The Kier molecular flexibility index (Phi) is 6.41. The molecule has 0 bridgehead atoms. The van der Waals surface area contributed by atoms with E-state index in [2.05, 4.69) is 23.7 Å². The number of aryl methyl sites for hydroxylation is 1. The van der Waals surface area contributed by atoms with Crippen molar-refractivity contribution >= 4 is 22.8 Å². The summed E-state index contributed by atoms with van der Waals surface area (Å²) in [5, 5.41) is 9.86. The summed E-state index contributed by atoms with van der Waals surface area (Å²) >= 11 is 0. The average Bonchev–Trinajstić information content (AvgIpc) is 2.92. The Labute approximate surface area is 146 Å². The van der Waals surface area contributed by atoms with E-state index >= 15 is 0 Å². The number of nitrogens with one attached hydrogen (secondary N) is 1. The zero-order valence-electron chi connectivity index (χ0n) is 14.8. The molecule has 0 atom stereocenters. The molecule has 0 radical (unpaired) electrons. The fourth-order valence-electron chi connectivity index (χ4n) is 2.68. The third-order valence-electron chi connectivity index (χ3n) is 4.09. The van der Waals surface area contributed by atoms with E-state index in [-0.39, 0.29) is 12.2 Å². The second kappa shape index (κ2) is 8.53. The van der Waals surface area contributed by atoms with Crippen molar-refractivity contribution in [3.8, 4) is 5.75 Å². The lowest BCUT2D eigenvalue weighted by molar-refractivity contribution is -0.146. The molecule has 0 aliphatic carbocycles. The number of benzene rings is 1. The van der Waals surface area contributed by atoms with E-state index in [9.17, 15) is 14.7 Å². The summed E-state index contributed by atoms with van der Waals surface area (Å²) in [6, 6.07) is 5.04. The Morgan fingerprint density at radius 2 is 1.96 bits per heavy atom. The molecule has 1 heterocycles. The lowest BCUT2D eigenvalue weighted by Crippen LogP contribution is -2.28. The van der Waals surface area contributed by atoms with E-state index in [0.717, 1.165) is 13.1 Å². The second-order valence-corrected chi connectivity index (χ2v) is 5.67. The number of H-pyrrole nitrogens is 1. The molecule has 136 valence electrons. The topological polar surface area (TPSA) is 91.9 Å². The van der Waals surface area contributed by atoms with Crippen molar-refractivity contribution in [3.05, 3.63) is 29.5 Å². The lowest BCUT2D eigenvalue weighted by atomic mass is 10.1. The molecule has 7 heteroatoms. The summed E-state index contributed by atoms with van der Waals surface area (Å²) in [6.45, 7) is 8.43. The number of rotatable bonds is 9. The first-order valence-corrected chi connectivity index (χ1v) is 8.32. The van der Waals surface area contributed by atoms with Gasteiger partial charge in [-0.2, -0.15) is 0 Å². The Morgan fingerprint density at radius 3 is 2.60 bits per heavy atom. The van der Waals surface area contributed by atoms with E-state index in [1.54, 1.807) is 25.1 Å². The maximum absolute atomic E-state index is 11.8. The van der Waals surface area contributed by atoms with Gasteiger partial charge in [0.1, 0.15) is 12.4 Å². The molecular formula is C18H24N2O5. The quantitative estimate of drug-likeness (QED) is 0.676. The van der Waals surface area contributed by atoms with Gasteiger partial charge in [-0.3, -0.25) is 0 Å². The van der Waals surface area contributed by atoms with Gasteiger partial charge in [0.2, 0.25) is 0 Å². The van der Waals surface area contributed by atoms with Crippen LogP contribution >= 0.6 is 0 Å². The molecule has 0 amide bonds. The van der Waals surface area contributed by atoms with Crippen LogP contribution in [0.5, 0.6) is 5.75 Å². The molecule has 0 saturated carbocycles. The highest BCUT2D eigenvalue weighted by Crippen LogP contribution is 2.26. The number of fused-ring (bicyclic) bond motifs is 1. The van der Waals surface area contributed by atoms with Crippen LogP contribution in [0.3, 0.4) is 0 Å². The molecular weight excluding hydrogens is 324 g/mol. The molecule has 25 heavy (non-hydrogen) atoms. The molecule has 2 N–H and O–H groups in total. The van der Waals surface area contributed by atoms with Gasteiger partial charge < -0.3 is 24.5 Å². The molecule has 0 spiro atoms. The van der Waals surface area contributed by atoms with Gasteiger partial charge in [0.15, 0.2) is 6.61 Å². The van der Waals surface area contributed by atoms with Crippen molar-refractivity contribution in [3.63, 3.8) is 0 Å². The maximum Gasteiger partial charge on any atom is 0.344 e. The second-order valence-electron chi connectivity index (χ2n) is 5.67. The number of nitrogens with zero attached hydrogens (tertiary/aromatic N) is 1.